The number of hydrogen-bond donors (Lipinski definition) is 1. The van der Waals surface area contributed by atoms with Gasteiger partial charge in [-0.05, 0) is 18.4 Å². The third-order valence-corrected chi connectivity index (χ3v) is 5.82. The van der Waals surface area contributed by atoms with Gasteiger partial charge in [-0.25, -0.2) is 0 Å². The van der Waals surface area contributed by atoms with Crippen LogP contribution >= 0.6 is 46.5 Å². The first-order valence-electron chi connectivity index (χ1n) is 5.97. The molecular weight excluding hydrogens is 391 g/mol. The summed E-state index contributed by atoms with van der Waals surface area (Å²) in [6, 6.07) is 3.33. The number of thioether (sulfide) groups is 2. The fraction of sp³-hybridized carbons (Fsp3) is 0.250. The van der Waals surface area contributed by atoms with Crippen molar-refractivity contribution in [2.75, 3.05) is 17.3 Å². The van der Waals surface area contributed by atoms with Gasteiger partial charge < -0.3 is 5.32 Å². The summed E-state index contributed by atoms with van der Waals surface area (Å²) >= 11 is 9.60. The van der Waals surface area contributed by atoms with Gasteiger partial charge in [0.05, 0.1) is 22.0 Å². The minimum absolute atomic E-state index is 0.0917. The van der Waals surface area contributed by atoms with Crippen LogP contribution in [-0.4, -0.2) is 28.1 Å². The number of amides is 1. The van der Waals surface area contributed by atoms with E-state index in [9.17, 15) is 18.0 Å². The molecule has 0 atom stereocenters. The maximum absolute atomic E-state index is 12.9. The van der Waals surface area contributed by atoms with E-state index in [1.807, 2.05) is 6.26 Å². The van der Waals surface area contributed by atoms with Crippen LogP contribution in [0.3, 0.4) is 0 Å². The smallest absolute Gasteiger partial charge is 0.324 e. The van der Waals surface area contributed by atoms with Gasteiger partial charge in [0.15, 0.2) is 8.68 Å². The van der Waals surface area contributed by atoms with Crippen molar-refractivity contribution < 1.29 is 18.0 Å². The van der Waals surface area contributed by atoms with Gasteiger partial charge in [-0.2, -0.15) is 13.2 Å². The van der Waals surface area contributed by atoms with E-state index in [4.69, 9.17) is 11.6 Å². The van der Waals surface area contributed by atoms with Gasteiger partial charge in [-0.15, -0.1) is 10.2 Å². The number of benzene rings is 1. The maximum atomic E-state index is 12.9. The number of halogens is 4. The van der Waals surface area contributed by atoms with Crippen molar-refractivity contribution in [2.45, 2.75) is 14.9 Å². The normalized spacial score (nSPS) is 11.5. The number of rotatable bonds is 5. The highest BCUT2D eigenvalue weighted by molar-refractivity contribution is 8.03. The molecule has 23 heavy (non-hydrogen) atoms. The molecule has 11 heteroatoms. The zero-order chi connectivity index (χ0) is 17.0. The van der Waals surface area contributed by atoms with E-state index in [-0.39, 0.29) is 10.8 Å². The molecule has 1 amide bonds. The lowest BCUT2D eigenvalue weighted by atomic mass is 10.1. The van der Waals surface area contributed by atoms with E-state index in [2.05, 4.69) is 15.5 Å². The van der Waals surface area contributed by atoms with E-state index >= 15 is 0 Å². The third-order valence-electron chi connectivity index (χ3n) is 2.47. The molecule has 0 bridgehead atoms. The minimum atomic E-state index is -4.60. The summed E-state index contributed by atoms with van der Waals surface area (Å²) in [6.45, 7) is 0. The van der Waals surface area contributed by atoms with E-state index in [1.54, 1.807) is 0 Å². The molecule has 0 radical (unpaired) electrons. The van der Waals surface area contributed by atoms with Gasteiger partial charge in [0.25, 0.3) is 0 Å². The number of nitrogens with zero attached hydrogens (tertiary/aromatic N) is 2. The second-order valence-corrected chi connectivity index (χ2v) is 7.70. The van der Waals surface area contributed by atoms with Crippen molar-refractivity contribution in [3.05, 3.63) is 28.8 Å². The Morgan fingerprint density at radius 2 is 2.04 bits per heavy atom. The molecule has 2 rings (SSSR count). The SMILES string of the molecule is CSc1nnc(SCC(=O)Nc2c(Cl)cccc2C(F)(F)F)s1. The van der Waals surface area contributed by atoms with Gasteiger partial charge in [-0.3, -0.25) is 4.79 Å². The zero-order valence-electron chi connectivity index (χ0n) is 11.5. The highest BCUT2D eigenvalue weighted by Crippen LogP contribution is 2.38. The van der Waals surface area contributed by atoms with Crippen LogP contribution in [0.4, 0.5) is 18.9 Å². The number of hydrogen-bond acceptors (Lipinski definition) is 6. The van der Waals surface area contributed by atoms with Crippen molar-refractivity contribution >= 4 is 58.1 Å². The molecule has 0 aliphatic rings. The molecule has 1 heterocycles. The van der Waals surface area contributed by atoms with Crippen LogP contribution < -0.4 is 5.32 Å². The van der Waals surface area contributed by atoms with Crippen LogP contribution in [0.1, 0.15) is 5.56 Å². The highest BCUT2D eigenvalue weighted by atomic mass is 35.5. The number of carbonyl (C=O) groups excluding carboxylic acids is 1. The van der Waals surface area contributed by atoms with Crippen LogP contribution in [0.2, 0.25) is 5.02 Å². The summed E-state index contributed by atoms with van der Waals surface area (Å²) in [6.07, 6.45) is -2.76. The first-order chi connectivity index (χ1) is 10.8. The van der Waals surface area contributed by atoms with Crippen molar-refractivity contribution in [2.24, 2.45) is 0 Å². The summed E-state index contributed by atoms with van der Waals surface area (Å²) in [5, 5.41) is 9.78. The van der Waals surface area contributed by atoms with Crippen LogP contribution in [0.5, 0.6) is 0 Å². The van der Waals surface area contributed by atoms with Crippen molar-refractivity contribution in [1.82, 2.24) is 10.2 Å². The molecular formula is C12H9ClF3N3OS3. The maximum Gasteiger partial charge on any atom is 0.418 e. The summed E-state index contributed by atoms with van der Waals surface area (Å²) < 4.78 is 40.1. The Labute approximate surface area is 147 Å². The lowest BCUT2D eigenvalue weighted by molar-refractivity contribution is -0.137. The average molecular weight is 400 g/mol. The van der Waals surface area contributed by atoms with Crippen molar-refractivity contribution in [1.29, 1.82) is 0 Å². The van der Waals surface area contributed by atoms with Crippen molar-refractivity contribution in [3.63, 3.8) is 0 Å². The topological polar surface area (TPSA) is 54.9 Å². The van der Waals surface area contributed by atoms with Gasteiger partial charge in [0.1, 0.15) is 0 Å². The molecule has 0 aliphatic heterocycles. The Morgan fingerprint density at radius 1 is 1.35 bits per heavy atom. The zero-order valence-corrected chi connectivity index (χ0v) is 14.7. The molecule has 0 fully saturated rings. The first-order valence-corrected chi connectivity index (χ1v) is 9.37. The number of carbonyl (C=O) groups is 1. The standard InChI is InChI=1S/C12H9ClF3N3OS3/c1-21-10-18-19-11(23-10)22-5-8(20)17-9-6(12(14,15)16)3-2-4-7(9)13/h2-4H,5H2,1H3,(H,17,20). The first kappa shape index (κ1) is 18.4. The van der Waals surface area contributed by atoms with Crippen LogP contribution in [0, 0.1) is 0 Å². The summed E-state index contributed by atoms with van der Waals surface area (Å²) in [7, 11) is 0. The Bertz CT molecular complexity index is 708. The van der Waals surface area contributed by atoms with Gasteiger partial charge in [0, 0.05) is 0 Å². The second kappa shape index (κ2) is 7.73. The number of para-hydroxylation sites is 1. The minimum Gasteiger partial charge on any atom is -0.324 e. The quantitative estimate of drug-likeness (QED) is 0.741. The summed E-state index contributed by atoms with van der Waals surface area (Å²) in [5.41, 5.74) is -1.42. The molecule has 4 nitrogen and oxygen atoms in total. The van der Waals surface area contributed by atoms with Crippen LogP contribution in [0.15, 0.2) is 26.9 Å². The number of alkyl halides is 3. The molecule has 0 aliphatic carbocycles. The lowest BCUT2D eigenvalue weighted by Crippen LogP contribution is -2.18. The Morgan fingerprint density at radius 3 is 2.65 bits per heavy atom. The van der Waals surface area contributed by atoms with E-state index in [0.29, 0.717) is 4.34 Å². The Kier molecular flexibility index (Phi) is 6.18. The molecule has 0 spiro atoms. The largest absolute Gasteiger partial charge is 0.418 e. The van der Waals surface area contributed by atoms with Crippen LogP contribution in [0.25, 0.3) is 0 Å². The third kappa shape index (κ3) is 5.00. The predicted molar refractivity (Wildman–Crippen MR) is 87.5 cm³/mol. The van der Waals surface area contributed by atoms with E-state index in [1.165, 1.54) is 35.2 Å². The average Bonchev–Trinajstić information content (AvgIpc) is 2.94. The Hall–Kier alpha value is -0.970. The molecule has 0 saturated heterocycles. The predicted octanol–water partition coefficient (Wildman–Crippen LogP) is 4.66. The molecule has 1 N–H and O–H groups in total. The lowest BCUT2D eigenvalue weighted by Gasteiger charge is -2.14. The fourth-order valence-corrected chi connectivity index (χ4v) is 3.99. The van der Waals surface area contributed by atoms with Gasteiger partial charge in [0.2, 0.25) is 5.91 Å². The number of nitrogens with one attached hydrogen (secondary N) is 1. The number of anilines is 1. The highest BCUT2D eigenvalue weighted by Gasteiger charge is 2.34. The molecule has 1 aromatic carbocycles. The van der Waals surface area contributed by atoms with E-state index in [0.717, 1.165) is 22.2 Å². The summed E-state index contributed by atoms with van der Waals surface area (Å²) in [4.78, 5) is 11.9. The van der Waals surface area contributed by atoms with Gasteiger partial charge >= 0.3 is 6.18 Å². The van der Waals surface area contributed by atoms with Gasteiger partial charge in [-0.1, -0.05) is 52.5 Å². The Balaban J connectivity index is 2.05. The summed E-state index contributed by atoms with van der Waals surface area (Å²) in [5.74, 6) is -0.694. The molecule has 2 aromatic rings. The van der Waals surface area contributed by atoms with Crippen LogP contribution in [-0.2, 0) is 11.0 Å². The second-order valence-electron chi connectivity index (χ2n) is 4.04. The molecule has 0 saturated carbocycles. The van der Waals surface area contributed by atoms with Crippen molar-refractivity contribution in [3.8, 4) is 0 Å². The fourth-order valence-electron chi connectivity index (χ4n) is 1.53. The molecule has 0 unspecified atom stereocenters. The molecule has 1 aromatic heterocycles. The number of aromatic nitrogens is 2. The molecule has 124 valence electrons. The monoisotopic (exact) mass is 399 g/mol. The van der Waals surface area contributed by atoms with E-state index < -0.39 is 23.3 Å².